The van der Waals surface area contributed by atoms with Gasteiger partial charge in [0.1, 0.15) is 12.6 Å². The Labute approximate surface area is 170 Å². The summed E-state index contributed by atoms with van der Waals surface area (Å²) in [7, 11) is 0. The number of aromatic amines is 1. The molecule has 2 aliphatic rings. The molecule has 150 valence electrons. The van der Waals surface area contributed by atoms with Gasteiger partial charge in [0.05, 0.1) is 25.3 Å². The third-order valence-corrected chi connectivity index (χ3v) is 6.22. The zero-order chi connectivity index (χ0) is 19.8. The monoisotopic (exact) mass is 391 g/mol. The van der Waals surface area contributed by atoms with Crippen LogP contribution in [0.4, 0.5) is 0 Å². The predicted octanol–water partition coefficient (Wildman–Crippen LogP) is 3.24. The smallest absolute Gasteiger partial charge is 0.219 e. The highest BCUT2D eigenvalue weighted by molar-refractivity contribution is 6.09. The van der Waals surface area contributed by atoms with Gasteiger partial charge >= 0.3 is 0 Å². The molecule has 3 aromatic rings. The zero-order valence-electron chi connectivity index (χ0n) is 16.8. The minimum absolute atomic E-state index is 0.219. The molecule has 1 fully saturated rings. The number of para-hydroxylation sites is 1. The van der Waals surface area contributed by atoms with Gasteiger partial charge in [0, 0.05) is 41.4 Å². The molecule has 5 nitrogen and oxygen atoms in total. The number of rotatable bonds is 4. The number of ketones is 1. The van der Waals surface area contributed by atoms with Crippen molar-refractivity contribution in [1.29, 1.82) is 0 Å². The van der Waals surface area contributed by atoms with E-state index in [0.717, 1.165) is 59.5 Å². The van der Waals surface area contributed by atoms with Crippen LogP contribution in [0, 0.1) is 6.92 Å². The van der Waals surface area contributed by atoms with Crippen molar-refractivity contribution < 1.29 is 19.2 Å². The number of carbonyl (C=O) groups is 1. The normalized spacial score (nSPS) is 21.3. The van der Waals surface area contributed by atoms with Gasteiger partial charge in [0.15, 0.2) is 11.5 Å². The van der Waals surface area contributed by atoms with Crippen molar-refractivity contribution in [2.24, 2.45) is 0 Å². The van der Waals surface area contributed by atoms with Gasteiger partial charge in [-0.1, -0.05) is 18.2 Å². The lowest BCUT2D eigenvalue weighted by atomic mass is 10.0. The molecule has 29 heavy (non-hydrogen) atoms. The highest BCUT2D eigenvalue weighted by Gasteiger charge is 2.33. The van der Waals surface area contributed by atoms with Crippen LogP contribution in [0.5, 0.6) is 11.5 Å². The second-order valence-electron chi connectivity index (χ2n) is 8.13. The highest BCUT2D eigenvalue weighted by Crippen LogP contribution is 2.33. The molecule has 1 unspecified atom stereocenters. The van der Waals surface area contributed by atoms with Crippen molar-refractivity contribution in [2.45, 2.75) is 32.2 Å². The van der Waals surface area contributed by atoms with Crippen molar-refractivity contribution in [3.8, 4) is 11.5 Å². The van der Waals surface area contributed by atoms with E-state index in [1.54, 1.807) is 0 Å². The second kappa shape index (κ2) is 7.56. The average molecular weight is 391 g/mol. The van der Waals surface area contributed by atoms with E-state index in [-0.39, 0.29) is 5.78 Å². The summed E-state index contributed by atoms with van der Waals surface area (Å²) < 4.78 is 11.7. The minimum Gasteiger partial charge on any atom is -0.490 e. The largest absolute Gasteiger partial charge is 0.490 e. The number of quaternary nitrogens is 1. The van der Waals surface area contributed by atoms with Gasteiger partial charge in [-0.15, -0.1) is 0 Å². The summed E-state index contributed by atoms with van der Waals surface area (Å²) in [6, 6.07) is 14.7. The lowest BCUT2D eigenvalue weighted by Gasteiger charge is -2.22. The van der Waals surface area contributed by atoms with E-state index < -0.39 is 0 Å². The van der Waals surface area contributed by atoms with Gasteiger partial charge in [-0.2, -0.15) is 0 Å². The minimum atomic E-state index is 0.219. The van der Waals surface area contributed by atoms with Crippen LogP contribution in [-0.2, 0) is 0 Å². The maximum atomic E-state index is 13.3. The molecule has 3 heterocycles. The van der Waals surface area contributed by atoms with Gasteiger partial charge in [0.25, 0.3) is 0 Å². The van der Waals surface area contributed by atoms with Crippen LogP contribution in [0.3, 0.4) is 0 Å². The van der Waals surface area contributed by atoms with Crippen molar-refractivity contribution in [3.63, 3.8) is 0 Å². The van der Waals surface area contributed by atoms with Crippen molar-refractivity contribution >= 4 is 16.7 Å². The molecule has 0 aliphatic carbocycles. The fourth-order valence-electron chi connectivity index (χ4n) is 4.85. The molecular weight excluding hydrogens is 364 g/mol. The van der Waals surface area contributed by atoms with Crippen LogP contribution in [0.25, 0.3) is 10.9 Å². The maximum Gasteiger partial charge on any atom is 0.219 e. The van der Waals surface area contributed by atoms with E-state index in [1.807, 2.05) is 37.3 Å². The zero-order valence-corrected chi connectivity index (χ0v) is 16.8. The molecule has 0 amide bonds. The molecule has 0 saturated carbocycles. The van der Waals surface area contributed by atoms with E-state index in [0.29, 0.717) is 25.8 Å². The SMILES string of the molecule is Cc1[nH]c2ccccc2c1C(=O)C[NH+]1CCC[C@H]1c1ccc2c(c1)OCCCO2. The summed E-state index contributed by atoms with van der Waals surface area (Å²) >= 11 is 0. The van der Waals surface area contributed by atoms with Crippen LogP contribution in [0.1, 0.15) is 46.9 Å². The summed E-state index contributed by atoms with van der Waals surface area (Å²) in [5.41, 5.74) is 4.08. The molecule has 0 bridgehead atoms. The number of benzene rings is 2. The summed E-state index contributed by atoms with van der Waals surface area (Å²) in [6.07, 6.45) is 3.13. The Hall–Kier alpha value is -2.79. The molecule has 5 heteroatoms. The number of fused-ring (bicyclic) bond motifs is 2. The standard InChI is InChI=1S/C24H26N2O3/c1-16-24(18-6-2-3-7-19(18)25-16)21(27)15-26-11-4-8-20(26)17-9-10-22-23(14-17)29-13-5-12-28-22/h2-3,6-7,9-10,14,20,25H,4-5,8,11-13,15H2,1H3/p+1/t20-/m0/s1. The summed E-state index contributed by atoms with van der Waals surface area (Å²) in [5.74, 6) is 1.89. The van der Waals surface area contributed by atoms with Gasteiger partial charge in [0.2, 0.25) is 5.78 Å². The Morgan fingerprint density at radius 1 is 1.10 bits per heavy atom. The Balaban J connectivity index is 1.39. The second-order valence-corrected chi connectivity index (χ2v) is 8.13. The quantitative estimate of drug-likeness (QED) is 0.672. The lowest BCUT2D eigenvalue weighted by Crippen LogP contribution is -3.11. The van der Waals surface area contributed by atoms with E-state index >= 15 is 0 Å². The molecule has 1 aromatic heterocycles. The van der Waals surface area contributed by atoms with Crippen molar-refractivity contribution in [3.05, 3.63) is 59.3 Å². The third kappa shape index (κ3) is 3.40. The molecule has 2 atom stereocenters. The van der Waals surface area contributed by atoms with Crippen LogP contribution < -0.4 is 14.4 Å². The van der Waals surface area contributed by atoms with E-state index in [1.165, 1.54) is 10.5 Å². The topological polar surface area (TPSA) is 55.8 Å². The number of aryl methyl sites for hydroxylation is 1. The number of likely N-dealkylation sites (tertiary alicyclic amines) is 1. The van der Waals surface area contributed by atoms with Crippen LogP contribution >= 0.6 is 0 Å². The maximum absolute atomic E-state index is 13.3. The molecule has 1 saturated heterocycles. The van der Waals surface area contributed by atoms with Crippen LogP contribution in [-0.4, -0.2) is 37.1 Å². The number of ether oxygens (including phenoxy) is 2. The number of carbonyl (C=O) groups excluding carboxylic acids is 1. The Morgan fingerprint density at radius 2 is 1.93 bits per heavy atom. The lowest BCUT2D eigenvalue weighted by molar-refractivity contribution is -0.910. The number of H-pyrrole nitrogens is 1. The first kappa shape index (κ1) is 18.3. The van der Waals surface area contributed by atoms with Gasteiger partial charge in [-0.05, 0) is 31.2 Å². The Morgan fingerprint density at radius 3 is 2.83 bits per heavy atom. The van der Waals surface area contributed by atoms with Crippen LogP contribution in [0.15, 0.2) is 42.5 Å². The number of nitrogens with one attached hydrogen (secondary N) is 2. The van der Waals surface area contributed by atoms with Gasteiger partial charge < -0.3 is 19.4 Å². The van der Waals surface area contributed by atoms with Gasteiger partial charge in [-0.25, -0.2) is 0 Å². The number of hydrogen-bond donors (Lipinski definition) is 2. The fraction of sp³-hybridized carbons (Fsp3) is 0.375. The number of Topliss-reactive ketones (excluding diaryl/α,β-unsaturated/α-hetero) is 1. The van der Waals surface area contributed by atoms with Crippen molar-refractivity contribution in [2.75, 3.05) is 26.3 Å². The molecule has 2 N–H and O–H groups in total. The molecule has 5 rings (SSSR count). The third-order valence-electron chi connectivity index (χ3n) is 6.22. The Bertz CT molecular complexity index is 1060. The summed E-state index contributed by atoms with van der Waals surface area (Å²) in [4.78, 5) is 18.0. The highest BCUT2D eigenvalue weighted by atomic mass is 16.5. The van der Waals surface area contributed by atoms with E-state index in [9.17, 15) is 4.79 Å². The first-order valence-corrected chi connectivity index (χ1v) is 10.6. The Kier molecular flexibility index (Phi) is 4.76. The summed E-state index contributed by atoms with van der Waals surface area (Å²) in [6.45, 7) is 4.92. The molecular formula is C24H27N2O3+. The number of hydrogen-bond acceptors (Lipinski definition) is 3. The summed E-state index contributed by atoms with van der Waals surface area (Å²) in [5, 5.41) is 1.03. The van der Waals surface area contributed by atoms with Crippen LogP contribution in [0.2, 0.25) is 0 Å². The first-order valence-electron chi connectivity index (χ1n) is 10.6. The predicted molar refractivity (Wildman–Crippen MR) is 112 cm³/mol. The first-order chi connectivity index (χ1) is 14.2. The van der Waals surface area contributed by atoms with Crippen molar-refractivity contribution in [1.82, 2.24) is 4.98 Å². The van der Waals surface area contributed by atoms with E-state index in [2.05, 4.69) is 17.1 Å². The fourth-order valence-corrected chi connectivity index (χ4v) is 4.85. The van der Waals surface area contributed by atoms with Gasteiger partial charge in [-0.3, -0.25) is 4.79 Å². The molecule has 2 aliphatic heterocycles. The molecule has 0 radical (unpaired) electrons. The average Bonchev–Trinajstić information content (AvgIpc) is 3.23. The number of aromatic nitrogens is 1. The van der Waals surface area contributed by atoms with E-state index in [4.69, 9.17) is 9.47 Å². The molecule has 0 spiro atoms. The molecule has 2 aromatic carbocycles.